The second-order valence-corrected chi connectivity index (χ2v) is 4.56. The maximum atomic E-state index is 5.68. The van der Waals surface area contributed by atoms with Crippen LogP contribution < -0.4 is 4.74 Å². The van der Waals surface area contributed by atoms with Crippen molar-refractivity contribution in [1.82, 2.24) is 0 Å². The molecule has 1 radical (unpaired) electrons. The molecule has 0 heterocycles. The third-order valence-corrected chi connectivity index (χ3v) is 2.75. The van der Waals surface area contributed by atoms with Crippen molar-refractivity contribution in [3.8, 4) is 11.5 Å². The van der Waals surface area contributed by atoms with Gasteiger partial charge in [0, 0.05) is 4.83 Å². The highest BCUT2D eigenvalue weighted by atomic mass is 79.9. The number of hydrogen-bond donors (Lipinski definition) is 0. The van der Waals surface area contributed by atoms with Gasteiger partial charge in [-0.1, -0.05) is 46.3 Å². The van der Waals surface area contributed by atoms with Crippen LogP contribution in [0.15, 0.2) is 54.6 Å². The Hall–Kier alpha value is -1.28. The number of halogens is 1. The van der Waals surface area contributed by atoms with Crippen LogP contribution in [0.3, 0.4) is 0 Å². The monoisotopic (exact) mass is 275 g/mol. The minimum atomic E-state index is 0.123. The Bertz CT molecular complexity index is 434. The van der Waals surface area contributed by atoms with E-state index >= 15 is 0 Å². The average Bonchev–Trinajstić information content (AvgIpc) is 2.31. The van der Waals surface area contributed by atoms with E-state index in [1.165, 1.54) is 0 Å². The summed E-state index contributed by atoms with van der Waals surface area (Å²) in [5.41, 5.74) is 1.14. The summed E-state index contributed by atoms with van der Waals surface area (Å²) in [5, 5.41) is 0. The van der Waals surface area contributed by atoms with Crippen molar-refractivity contribution >= 4 is 15.9 Å². The second kappa shape index (κ2) is 5.17. The SMILES string of the molecule is [CH2]C(Br)c1ccc(Oc2ccccc2)cc1. The van der Waals surface area contributed by atoms with E-state index in [4.69, 9.17) is 4.74 Å². The first-order chi connectivity index (χ1) is 7.75. The summed E-state index contributed by atoms with van der Waals surface area (Å²) in [6, 6.07) is 17.6. The fourth-order valence-electron chi connectivity index (χ4n) is 1.37. The normalized spacial score (nSPS) is 12.1. The largest absolute Gasteiger partial charge is 0.457 e. The molecule has 0 spiro atoms. The molecule has 0 N–H and O–H groups in total. The highest BCUT2D eigenvalue weighted by Gasteiger charge is 2.01. The highest BCUT2D eigenvalue weighted by Crippen LogP contribution is 2.25. The van der Waals surface area contributed by atoms with E-state index < -0.39 is 0 Å². The fourth-order valence-corrected chi connectivity index (χ4v) is 1.67. The van der Waals surface area contributed by atoms with Crippen LogP contribution in [0.25, 0.3) is 0 Å². The summed E-state index contributed by atoms with van der Waals surface area (Å²) in [7, 11) is 0. The van der Waals surface area contributed by atoms with Crippen molar-refractivity contribution in [2.24, 2.45) is 0 Å². The second-order valence-electron chi connectivity index (χ2n) is 3.45. The Labute approximate surface area is 104 Å². The Morgan fingerprint density at radius 2 is 1.44 bits per heavy atom. The molecule has 81 valence electrons. The third kappa shape index (κ3) is 2.86. The molecule has 0 amide bonds. The Kier molecular flexibility index (Phi) is 3.62. The van der Waals surface area contributed by atoms with Gasteiger partial charge < -0.3 is 4.74 Å². The molecule has 2 aromatic rings. The lowest BCUT2D eigenvalue weighted by atomic mass is 10.2. The van der Waals surface area contributed by atoms with Crippen molar-refractivity contribution in [1.29, 1.82) is 0 Å². The van der Waals surface area contributed by atoms with Crippen LogP contribution in [-0.2, 0) is 0 Å². The first-order valence-corrected chi connectivity index (χ1v) is 5.97. The predicted octanol–water partition coefficient (Wildman–Crippen LogP) is 4.75. The molecular weight excluding hydrogens is 264 g/mol. The first kappa shape index (κ1) is 11.2. The molecule has 0 aromatic heterocycles. The van der Waals surface area contributed by atoms with Crippen molar-refractivity contribution in [3.63, 3.8) is 0 Å². The van der Waals surface area contributed by atoms with Crippen molar-refractivity contribution in [3.05, 3.63) is 67.1 Å². The number of ether oxygens (including phenoxy) is 1. The summed E-state index contributed by atoms with van der Waals surface area (Å²) >= 11 is 3.42. The summed E-state index contributed by atoms with van der Waals surface area (Å²) in [6.45, 7) is 3.90. The van der Waals surface area contributed by atoms with Crippen LogP contribution >= 0.6 is 15.9 Å². The van der Waals surface area contributed by atoms with E-state index in [1.54, 1.807) is 0 Å². The van der Waals surface area contributed by atoms with Crippen LogP contribution in [-0.4, -0.2) is 0 Å². The first-order valence-electron chi connectivity index (χ1n) is 5.06. The molecule has 2 aromatic carbocycles. The smallest absolute Gasteiger partial charge is 0.127 e. The predicted molar refractivity (Wildman–Crippen MR) is 70.0 cm³/mol. The zero-order valence-corrected chi connectivity index (χ0v) is 10.4. The Balaban J connectivity index is 2.11. The van der Waals surface area contributed by atoms with Gasteiger partial charge in [-0.25, -0.2) is 0 Å². The zero-order chi connectivity index (χ0) is 11.4. The van der Waals surface area contributed by atoms with E-state index in [2.05, 4.69) is 22.9 Å². The molecule has 2 rings (SSSR count). The van der Waals surface area contributed by atoms with Crippen LogP contribution in [0.5, 0.6) is 11.5 Å². The van der Waals surface area contributed by atoms with Gasteiger partial charge in [-0.2, -0.15) is 0 Å². The van der Waals surface area contributed by atoms with Crippen LogP contribution in [0.4, 0.5) is 0 Å². The van der Waals surface area contributed by atoms with E-state index in [9.17, 15) is 0 Å². The molecular formula is C14H12BrO. The van der Waals surface area contributed by atoms with Gasteiger partial charge in [0.15, 0.2) is 0 Å². The van der Waals surface area contributed by atoms with Gasteiger partial charge in [0.2, 0.25) is 0 Å². The Morgan fingerprint density at radius 3 is 2.00 bits per heavy atom. The molecule has 0 aliphatic rings. The molecule has 0 fully saturated rings. The Morgan fingerprint density at radius 1 is 0.875 bits per heavy atom. The molecule has 0 bridgehead atoms. The number of benzene rings is 2. The summed E-state index contributed by atoms with van der Waals surface area (Å²) in [5.74, 6) is 1.68. The third-order valence-electron chi connectivity index (χ3n) is 2.22. The van der Waals surface area contributed by atoms with E-state index in [1.807, 2.05) is 54.6 Å². The van der Waals surface area contributed by atoms with Gasteiger partial charge in [0.25, 0.3) is 0 Å². The molecule has 2 heteroatoms. The molecule has 0 saturated heterocycles. The standard InChI is InChI=1S/C14H12BrO/c1-11(15)12-7-9-14(10-8-12)16-13-5-3-2-4-6-13/h2-11H,1H2. The number of hydrogen-bond acceptors (Lipinski definition) is 1. The summed E-state index contributed by atoms with van der Waals surface area (Å²) in [6.07, 6.45) is 0. The van der Waals surface area contributed by atoms with Crippen LogP contribution in [0.1, 0.15) is 10.4 Å². The van der Waals surface area contributed by atoms with E-state index in [0.717, 1.165) is 17.1 Å². The van der Waals surface area contributed by atoms with Gasteiger partial charge in [0.05, 0.1) is 0 Å². The lowest BCUT2D eigenvalue weighted by Gasteiger charge is -2.07. The molecule has 1 unspecified atom stereocenters. The van der Waals surface area contributed by atoms with Crippen LogP contribution in [0, 0.1) is 6.92 Å². The lowest BCUT2D eigenvalue weighted by Crippen LogP contribution is -1.86. The van der Waals surface area contributed by atoms with Gasteiger partial charge in [-0.15, -0.1) is 0 Å². The quantitative estimate of drug-likeness (QED) is 0.735. The van der Waals surface area contributed by atoms with Gasteiger partial charge in [-0.3, -0.25) is 0 Å². The molecule has 0 aliphatic carbocycles. The average molecular weight is 276 g/mol. The van der Waals surface area contributed by atoms with Crippen molar-refractivity contribution in [2.75, 3.05) is 0 Å². The minimum Gasteiger partial charge on any atom is -0.457 e. The molecule has 0 saturated carbocycles. The number of para-hydroxylation sites is 1. The molecule has 0 aliphatic heterocycles. The minimum absolute atomic E-state index is 0.123. The lowest BCUT2D eigenvalue weighted by molar-refractivity contribution is 0.482. The van der Waals surface area contributed by atoms with Gasteiger partial charge in [0.1, 0.15) is 11.5 Å². The highest BCUT2D eigenvalue weighted by molar-refractivity contribution is 9.09. The summed E-state index contributed by atoms with van der Waals surface area (Å²) < 4.78 is 5.68. The molecule has 16 heavy (non-hydrogen) atoms. The maximum Gasteiger partial charge on any atom is 0.127 e. The topological polar surface area (TPSA) is 9.23 Å². The van der Waals surface area contributed by atoms with Gasteiger partial charge in [-0.05, 0) is 36.8 Å². The van der Waals surface area contributed by atoms with Crippen molar-refractivity contribution in [2.45, 2.75) is 4.83 Å². The van der Waals surface area contributed by atoms with E-state index in [-0.39, 0.29) is 4.83 Å². The van der Waals surface area contributed by atoms with Crippen molar-refractivity contribution < 1.29 is 4.74 Å². The fraction of sp³-hybridized carbons (Fsp3) is 0.0714. The zero-order valence-electron chi connectivity index (χ0n) is 8.77. The number of alkyl halides is 1. The summed E-state index contributed by atoms with van der Waals surface area (Å²) in [4.78, 5) is 0.123. The van der Waals surface area contributed by atoms with E-state index in [0.29, 0.717) is 0 Å². The molecule has 1 atom stereocenters. The maximum absolute atomic E-state index is 5.68. The molecule has 1 nitrogen and oxygen atoms in total. The van der Waals surface area contributed by atoms with Crippen LogP contribution in [0.2, 0.25) is 0 Å². The number of rotatable bonds is 3. The van der Waals surface area contributed by atoms with Gasteiger partial charge >= 0.3 is 0 Å².